The first-order chi connectivity index (χ1) is 5.38. The van der Waals surface area contributed by atoms with Crippen molar-refractivity contribution in [3.63, 3.8) is 0 Å². The van der Waals surface area contributed by atoms with Gasteiger partial charge in [-0.15, -0.1) is 0 Å². The van der Waals surface area contributed by atoms with Crippen LogP contribution in [0.15, 0.2) is 12.2 Å². The van der Waals surface area contributed by atoms with E-state index in [-0.39, 0.29) is 0 Å². The van der Waals surface area contributed by atoms with Gasteiger partial charge in [-0.2, -0.15) is 0 Å². The highest BCUT2D eigenvalue weighted by Crippen LogP contribution is 2.15. The smallest absolute Gasteiger partial charge is 0.0222 e. The number of likely N-dealkylation sites (tertiary alicyclic amines) is 1. The van der Waals surface area contributed by atoms with Gasteiger partial charge in [-0.1, -0.05) is 12.2 Å². The van der Waals surface area contributed by atoms with E-state index in [4.69, 9.17) is 5.73 Å². The molecule has 1 aliphatic heterocycles. The van der Waals surface area contributed by atoms with E-state index in [2.05, 4.69) is 24.0 Å². The number of hydrogen-bond donors (Lipinski definition) is 1. The first kappa shape index (κ1) is 8.75. The number of rotatable bonds is 3. The monoisotopic (exact) mass is 154 g/mol. The summed E-state index contributed by atoms with van der Waals surface area (Å²) in [6, 6.07) is 0.645. The van der Waals surface area contributed by atoms with Gasteiger partial charge in [-0.05, 0) is 26.3 Å². The summed E-state index contributed by atoms with van der Waals surface area (Å²) < 4.78 is 0. The molecule has 1 saturated heterocycles. The Labute approximate surface area is 69.1 Å². The second-order valence-corrected chi connectivity index (χ2v) is 3.10. The predicted octanol–water partition coefficient (Wildman–Crippen LogP) is 0.986. The van der Waals surface area contributed by atoms with Gasteiger partial charge in [0.15, 0.2) is 0 Å². The molecule has 1 aliphatic rings. The Hall–Kier alpha value is -0.340. The average molecular weight is 154 g/mol. The standard InChI is InChI=1S/C9H18N2/c1-2-3-6-11-7-4-5-9(11)8-10/h2-3,9H,4-8,10H2,1H3/b3-2+. The minimum Gasteiger partial charge on any atom is -0.329 e. The third-order valence-corrected chi connectivity index (χ3v) is 2.35. The molecule has 1 fully saturated rings. The van der Waals surface area contributed by atoms with E-state index in [0.717, 1.165) is 13.1 Å². The first-order valence-electron chi connectivity index (χ1n) is 4.43. The fraction of sp³-hybridized carbons (Fsp3) is 0.778. The van der Waals surface area contributed by atoms with Gasteiger partial charge < -0.3 is 5.73 Å². The maximum absolute atomic E-state index is 5.63. The molecule has 64 valence electrons. The number of nitrogens with two attached hydrogens (primary N) is 1. The van der Waals surface area contributed by atoms with Crippen LogP contribution in [0.2, 0.25) is 0 Å². The molecule has 0 spiro atoms. The summed E-state index contributed by atoms with van der Waals surface area (Å²) in [4.78, 5) is 2.46. The Morgan fingerprint density at radius 2 is 2.45 bits per heavy atom. The number of hydrogen-bond acceptors (Lipinski definition) is 2. The van der Waals surface area contributed by atoms with Crippen molar-refractivity contribution in [2.24, 2.45) is 5.73 Å². The molecule has 0 aromatic rings. The van der Waals surface area contributed by atoms with Crippen molar-refractivity contribution in [2.75, 3.05) is 19.6 Å². The van der Waals surface area contributed by atoms with Gasteiger partial charge in [0.1, 0.15) is 0 Å². The summed E-state index contributed by atoms with van der Waals surface area (Å²) >= 11 is 0. The van der Waals surface area contributed by atoms with Crippen LogP contribution in [0.25, 0.3) is 0 Å². The fourth-order valence-corrected chi connectivity index (χ4v) is 1.64. The van der Waals surface area contributed by atoms with Crippen molar-refractivity contribution in [2.45, 2.75) is 25.8 Å². The minimum absolute atomic E-state index is 0.645. The topological polar surface area (TPSA) is 29.3 Å². The third-order valence-electron chi connectivity index (χ3n) is 2.35. The van der Waals surface area contributed by atoms with Crippen LogP contribution in [0.5, 0.6) is 0 Å². The lowest BCUT2D eigenvalue weighted by Crippen LogP contribution is -2.35. The zero-order chi connectivity index (χ0) is 8.10. The highest BCUT2D eigenvalue weighted by molar-refractivity contribution is 4.87. The van der Waals surface area contributed by atoms with E-state index < -0.39 is 0 Å². The molecular weight excluding hydrogens is 136 g/mol. The maximum Gasteiger partial charge on any atom is 0.0222 e. The zero-order valence-corrected chi connectivity index (χ0v) is 7.29. The summed E-state index contributed by atoms with van der Waals surface area (Å²) in [5, 5.41) is 0. The van der Waals surface area contributed by atoms with E-state index in [1.165, 1.54) is 19.4 Å². The normalized spacial score (nSPS) is 26.9. The highest BCUT2D eigenvalue weighted by atomic mass is 15.2. The van der Waals surface area contributed by atoms with E-state index in [1.807, 2.05) is 0 Å². The lowest BCUT2D eigenvalue weighted by Gasteiger charge is -2.20. The summed E-state index contributed by atoms with van der Waals surface area (Å²) in [6.45, 7) is 5.19. The van der Waals surface area contributed by atoms with Crippen LogP contribution in [0, 0.1) is 0 Å². The summed E-state index contributed by atoms with van der Waals surface area (Å²) in [6.07, 6.45) is 6.91. The molecule has 0 aliphatic carbocycles. The van der Waals surface area contributed by atoms with Crippen LogP contribution in [-0.2, 0) is 0 Å². The van der Waals surface area contributed by atoms with Crippen LogP contribution in [0.4, 0.5) is 0 Å². The van der Waals surface area contributed by atoms with Crippen molar-refractivity contribution in [3.8, 4) is 0 Å². The zero-order valence-electron chi connectivity index (χ0n) is 7.29. The molecule has 0 aromatic heterocycles. The van der Waals surface area contributed by atoms with Crippen molar-refractivity contribution >= 4 is 0 Å². The first-order valence-corrected chi connectivity index (χ1v) is 4.43. The average Bonchev–Trinajstić information content (AvgIpc) is 2.47. The van der Waals surface area contributed by atoms with E-state index in [9.17, 15) is 0 Å². The van der Waals surface area contributed by atoms with Gasteiger partial charge in [-0.25, -0.2) is 0 Å². The van der Waals surface area contributed by atoms with Gasteiger partial charge in [0.2, 0.25) is 0 Å². The summed E-state index contributed by atoms with van der Waals surface area (Å²) in [5.41, 5.74) is 5.63. The SMILES string of the molecule is C/C=C/CN1CCCC1CN. The van der Waals surface area contributed by atoms with E-state index in [0.29, 0.717) is 6.04 Å². The molecule has 1 unspecified atom stereocenters. The Bertz CT molecular complexity index is 132. The van der Waals surface area contributed by atoms with Crippen molar-refractivity contribution in [1.82, 2.24) is 4.90 Å². The summed E-state index contributed by atoms with van der Waals surface area (Å²) in [5.74, 6) is 0. The lowest BCUT2D eigenvalue weighted by molar-refractivity contribution is 0.286. The molecule has 2 nitrogen and oxygen atoms in total. The number of nitrogens with zero attached hydrogens (tertiary/aromatic N) is 1. The van der Waals surface area contributed by atoms with Crippen LogP contribution in [0.1, 0.15) is 19.8 Å². The van der Waals surface area contributed by atoms with Crippen molar-refractivity contribution in [3.05, 3.63) is 12.2 Å². The molecule has 1 rings (SSSR count). The largest absolute Gasteiger partial charge is 0.329 e. The van der Waals surface area contributed by atoms with Gasteiger partial charge in [0.05, 0.1) is 0 Å². The van der Waals surface area contributed by atoms with Gasteiger partial charge in [0, 0.05) is 19.1 Å². The van der Waals surface area contributed by atoms with E-state index in [1.54, 1.807) is 0 Å². The molecular formula is C9H18N2. The van der Waals surface area contributed by atoms with Crippen LogP contribution >= 0.6 is 0 Å². The molecule has 2 N–H and O–H groups in total. The lowest BCUT2D eigenvalue weighted by atomic mass is 10.2. The Balaban J connectivity index is 2.31. The summed E-state index contributed by atoms with van der Waals surface area (Å²) in [7, 11) is 0. The van der Waals surface area contributed by atoms with Crippen LogP contribution < -0.4 is 5.73 Å². The second-order valence-electron chi connectivity index (χ2n) is 3.10. The predicted molar refractivity (Wildman–Crippen MR) is 48.5 cm³/mol. The van der Waals surface area contributed by atoms with Gasteiger partial charge in [0.25, 0.3) is 0 Å². The maximum atomic E-state index is 5.63. The fourth-order valence-electron chi connectivity index (χ4n) is 1.64. The van der Waals surface area contributed by atoms with Crippen LogP contribution in [0.3, 0.4) is 0 Å². The third kappa shape index (κ3) is 2.31. The number of allylic oxidation sites excluding steroid dienone is 1. The molecule has 0 aromatic carbocycles. The van der Waals surface area contributed by atoms with E-state index >= 15 is 0 Å². The molecule has 0 amide bonds. The Morgan fingerprint density at radius 3 is 3.09 bits per heavy atom. The van der Waals surface area contributed by atoms with Gasteiger partial charge in [-0.3, -0.25) is 4.90 Å². The Kier molecular flexibility index (Phi) is 3.60. The molecule has 0 radical (unpaired) electrons. The van der Waals surface area contributed by atoms with Gasteiger partial charge >= 0.3 is 0 Å². The second kappa shape index (κ2) is 4.52. The highest BCUT2D eigenvalue weighted by Gasteiger charge is 2.21. The van der Waals surface area contributed by atoms with Crippen LogP contribution in [-0.4, -0.2) is 30.6 Å². The molecule has 1 heterocycles. The molecule has 11 heavy (non-hydrogen) atoms. The minimum atomic E-state index is 0.645. The quantitative estimate of drug-likeness (QED) is 0.614. The molecule has 2 heteroatoms. The van der Waals surface area contributed by atoms with Crippen molar-refractivity contribution < 1.29 is 0 Å². The molecule has 1 atom stereocenters. The molecule has 0 bridgehead atoms. The molecule has 0 saturated carbocycles. The van der Waals surface area contributed by atoms with Crippen molar-refractivity contribution in [1.29, 1.82) is 0 Å². The Morgan fingerprint density at radius 1 is 1.64 bits per heavy atom.